The summed E-state index contributed by atoms with van der Waals surface area (Å²) in [6.07, 6.45) is 2.20. The Morgan fingerprint density at radius 3 is 2.50 bits per heavy atom. The van der Waals surface area contributed by atoms with Crippen LogP contribution in [0, 0.1) is 17.5 Å². The maximum atomic E-state index is 13.5. The summed E-state index contributed by atoms with van der Waals surface area (Å²) in [4.78, 5) is 18.2. The summed E-state index contributed by atoms with van der Waals surface area (Å²) in [7, 11) is 0. The topological polar surface area (TPSA) is 68.9 Å². The van der Waals surface area contributed by atoms with Crippen molar-refractivity contribution < 1.29 is 18.0 Å². The lowest BCUT2D eigenvalue weighted by Crippen LogP contribution is -2.13. The highest BCUT2D eigenvalue weighted by Crippen LogP contribution is 2.23. The number of halogens is 3. The maximum Gasteiger partial charge on any atom is 0.268 e. The second-order valence-corrected chi connectivity index (χ2v) is 3.38. The van der Waals surface area contributed by atoms with Crippen LogP contribution >= 0.6 is 0 Å². The molecule has 0 aliphatic carbocycles. The van der Waals surface area contributed by atoms with Gasteiger partial charge in [-0.05, 0) is 12.1 Å². The molecule has 2 N–H and O–H groups in total. The summed E-state index contributed by atoms with van der Waals surface area (Å²) in [6.45, 7) is 0. The van der Waals surface area contributed by atoms with Crippen molar-refractivity contribution in [3.8, 4) is 11.3 Å². The number of carbonyl (C=O) groups is 1. The highest BCUT2D eigenvalue weighted by atomic mass is 19.2. The van der Waals surface area contributed by atoms with Crippen LogP contribution < -0.4 is 5.73 Å². The first kappa shape index (κ1) is 12.0. The van der Waals surface area contributed by atoms with Gasteiger partial charge in [0, 0.05) is 5.56 Å². The highest BCUT2D eigenvalue weighted by molar-refractivity contribution is 5.90. The fourth-order valence-electron chi connectivity index (χ4n) is 1.34. The van der Waals surface area contributed by atoms with E-state index in [9.17, 15) is 18.0 Å². The molecule has 0 atom stereocenters. The largest absolute Gasteiger partial charge is 0.364 e. The molecule has 1 aromatic carbocycles. The molecule has 0 saturated carbocycles. The number of hydrogen-bond acceptors (Lipinski definition) is 3. The van der Waals surface area contributed by atoms with E-state index >= 15 is 0 Å². The second-order valence-electron chi connectivity index (χ2n) is 3.38. The highest BCUT2D eigenvalue weighted by Gasteiger charge is 2.16. The summed E-state index contributed by atoms with van der Waals surface area (Å²) in [6, 6.07) is 1.76. The van der Waals surface area contributed by atoms with Crippen molar-refractivity contribution in [2.24, 2.45) is 5.73 Å². The summed E-state index contributed by atoms with van der Waals surface area (Å²) >= 11 is 0. The Labute approximate surface area is 99.3 Å². The number of benzene rings is 1. The van der Waals surface area contributed by atoms with Crippen LogP contribution in [-0.2, 0) is 0 Å². The molecular weight excluding hydrogens is 247 g/mol. The monoisotopic (exact) mass is 253 g/mol. The van der Waals surface area contributed by atoms with E-state index < -0.39 is 23.4 Å². The van der Waals surface area contributed by atoms with Gasteiger partial charge in [-0.15, -0.1) is 0 Å². The zero-order chi connectivity index (χ0) is 13.3. The number of nitrogens with two attached hydrogens (primary N) is 1. The van der Waals surface area contributed by atoms with E-state index in [0.29, 0.717) is 0 Å². The predicted octanol–water partition coefficient (Wildman–Crippen LogP) is 1.66. The molecule has 0 aliphatic heterocycles. The lowest BCUT2D eigenvalue weighted by molar-refractivity contribution is 0.0995. The zero-order valence-corrected chi connectivity index (χ0v) is 8.82. The van der Waals surface area contributed by atoms with E-state index in [1.54, 1.807) is 0 Å². The Kier molecular flexibility index (Phi) is 2.97. The quantitative estimate of drug-likeness (QED) is 0.827. The van der Waals surface area contributed by atoms with E-state index in [2.05, 4.69) is 9.97 Å². The van der Waals surface area contributed by atoms with Crippen molar-refractivity contribution in [3.63, 3.8) is 0 Å². The van der Waals surface area contributed by atoms with Gasteiger partial charge in [-0.25, -0.2) is 18.2 Å². The normalized spacial score (nSPS) is 10.4. The molecule has 18 heavy (non-hydrogen) atoms. The number of aromatic nitrogens is 2. The van der Waals surface area contributed by atoms with Crippen LogP contribution in [0.25, 0.3) is 11.3 Å². The minimum atomic E-state index is -1.61. The van der Waals surface area contributed by atoms with E-state index in [4.69, 9.17) is 5.73 Å². The first-order valence-electron chi connectivity index (χ1n) is 4.76. The van der Waals surface area contributed by atoms with Crippen molar-refractivity contribution in [1.29, 1.82) is 0 Å². The first-order valence-corrected chi connectivity index (χ1v) is 4.76. The van der Waals surface area contributed by atoms with E-state index in [1.807, 2.05) is 0 Å². The van der Waals surface area contributed by atoms with Crippen molar-refractivity contribution in [3.05, 3.63) is 47.7 Å². The van der Waals surface area contributed by atoms with Gasteiger partial charge >= 0.3 is 0 Å². The third-order valence-electron chi connectivity index (χ3n) is 2.20. The molecule has 0 spiro atoms. The van der Waals surface area contributed by atoms with Crippen molar-refractivity contribution in [2.75, 3.05) is 0 Å². The molecule has 1 heterocycles. The average molecular weight is 253 g/mol. The number of primary amides is 1. The summed E-state index contributed by atoms with van der Waals surface area (Å²) in [5, 5.41) is 0. The van der Waals surface area contributed by atoms with Gasteiger partial charge in [0.25, 0.3) is 5.91 Å². The van der Waals surface area contributed by atoms with E-state index in [-0.39, 0.29) is 17.0 Å². The molecule has 1 aromatic heterocycles. The van der Waals surface area contributed by atoms with Gasteiger partial charge in [0.1, 0.15) is 5.69 Å². The first-order chi connectivity index (χ1) is 8.50. The lowest BCUT2D eigenvalue weighted by atomic mass is 10.1. The van der Waals surface area contributed by atoms with Crippen LogP contribution in [0.4, 0.5) is 13.2 Å². The van der Waals surface area contributed by atoms with Crippen LogP contribution in [0.3, 0.4) is 0 Å². The van der Waals surface area contributed by atoms with Gasteiger partial charge in [-0.1, -0.05) is 0 Å². The molecule has 92 valence electrons. The number of nitrogens with zero attached hydrogens (tertiary/aromatic N) is 2. The molecule has 2 aromatic rings. The van der Waals surface area contributed by atoms with Crippen molar-refractivity contribution >= 4 is 5.91 Å². The molecular formula is C11H6F3N3O. The molecule has 1 amide bonds. The Morgan fingerprint density at radius 2 is 1.83 bits per heavy atom. The number of amides is 1. The molecule has 0 bridgehead atoms. The second kappa shape index (κ2) is 4.44. The molecule has 4 nitrogen and oxygen atoms in total. The van der Waals surface area contributed by atoms with Crippen molar-refractivity contribution in [1.82, 2.24) is 9.97 Å². The van der Waals surface area contributed by atoms with Crippen molar-refractivity contribution in [2.45, 2.75) is 0 Å². The van der Waals surface area contributed by atoms with Gasteiger partial charge in [-0.2, -0.15) is 0 Å². The minimum absolute atomic E-state index is 0.109. The third-order valence-corrected chi connectivity index (χ3v) is 2.20. The summed E-state index contributed by atoms with van der Waals surface area (Å²) < 4.78 is 39.3. The Morgan fingerprint density at radius 1 is 1.11 bits per heavy atom. The third kappa shape index (κ3) is 2.02. The Balaban J connectivity index is 2.59. The van der Waals surface area contributed by atoms with Gasteiger partial charge < -0.3 is 5.73 Å². The molecule has 7 heteroatoms. The Hall–Kier alpha value is -2.44. The van der Waals surface area contributed by atoms with Crippen LogP contribution in [-0.4, -0.2) is 15.9 Å². The van der Waals surface area contributed by atoms with E-state index in [0.717, 1.165) is 24.5 Å². The standard InChI is InChI=1S/C11H6F3N3O/c12-6-2-1-5(9(13)10(6)14)7-3-16-4-8(17-7)11(15)18/h1-4H,(H2,15,18). The summed E-state index contributed by atoms with van der Waals surface area (Å²) in [5.41, 5.74) is 4.38. The maximum absolute atomic E-state index is 13.5. The predicted molar refractivity (Wildman–Crippen MR) is 55.9 cm³/mol. The number of carbonyl (C=O) groups excluding carboxylic acids is 1. The number of rotatable bonds is 2. The van der Waals surface area contributed by atoms with Crippen LogP contribution in [0.5, 0.6) is 0 Å². The van der Waals surface area contributed by atoms with Crippen LogP contribution in [0.1, 0.15) is 10.5 Å². The van der Waals surface area contributed by atoms with Gasteiger partial charge in [0.15, 0.2) is 17.5 Å². The molecule has 2 rings (SSSR count). The van der Waals surface area contributed by atoms with Crippen LogP contribution in [0.15, 0.2) is 24.5 Å². The minimum Gasteiger partial charge on any atom is -0.364 e. The van der Waals surface area contributed by atoms with E-state index in [1.165, 1.54) is 0 Å². The Bertz CT molecular complexity index is 631. The number of hydrogen-bond donors (Lipinski definition) is 1. The molecule has 0 saturated heterocycles. The van der Waals surface area contributed by atoms with Gasteiger partial charge in [0.05, 0.1) is 18.1 Å². The lowest BCUT2D eigenvalue weighted by Gasteiger charge is -2.04. The average Bonchev–Trinajstić information content (AvgIpc) is 2.36. The smallest absolute Gasteiger partial charge is 0.268 e. The fourth-order valence-corrected chi connectivity index (χ4v) is 1.34. The molecule has 0 aliphatic rings. The molecule has 0 fully saturated rings. The summed E-state index contributed by atoms with van der Waals surface area (Å²) in [5.74, 6) is -5.17. The molecule has 0 radical (unpaired) electrons. The fraction of sp³-hybridized carbons (Fsp3) is 0. The zero-order valence-electron chi connectivity index (χ0n) is 8.82. The van der Waals surface area contributed by atoms with Gasteiger partial charge in [0.2, 0.25) is 0 Å². The van der Waals surface area contributed by atoms with Gasteiger partial charge in [-0.3, -0.25) is 9.78 Å². The van der Waals surface area contributed by atoms with Crippen LogP contribution in [0.2, 0.25) is 0 Å². The SMILES string of the molecule is NC(=O)c1cncc(-c2ccc(F)c(F)c2F)n1. The molecule has 0 unspecified atom stereocenters.